The van der Waals surface area contributed by atoms with Gasteiger partial charge < -0.3 is 20.5 Å². The lowest BCUT2D eigenvalue weighted by Crippen LogP contribution is -2.14. The first-order valence-corrected chi connectivity index (χ1v) is 5.90. The van der Waals surface area contributed by atoms with Gasteiger partial charge in [0.15, 0.2) is 0 Å². The number of hydrogen-bond donors (Lipinski definition) is 3. The van der Waals surface area contributed by atoms with Crippen molar-refractivity contribution in [3.63, 3.8) is 0 Å². The Morgan fingerprint density at radius 3 is 3.00 bits per heavy atom. The third-order valence-electron chi connectivity index (χ3n) is 2.37. The summed E-state index contributed by atoms with van der Waals surface area (Å²) < 4.78 is 10.3. The van der Waals surface area contributed by atoms with Gasteiger partial charge in [0, 0.05) is 18.9 Å². The number of nitrogens with zero attached hydrogens (tertiary/aromatic N) is 2. The number of aromatic nitrogens is 3. The number of carbonyl (C=O) groups is 1. The second-order valence-corrected chi connectivity index (χ2v) is 3.87. The van der Waals surface area contributed by atoms with E-state index in [0.29, 0.717) is 24.7 Å². The minimum absolute atomic E-state index is 0.0202. The molecule has 0 bridgehead atoms. The Kier molecular flexibility index (Phi) is 4.51. The van der Waals surface area contributed by atoms with Crippen LogP contribution in [0, 0.1) is 0 Å². The molecular weight excluding hydrogens is 262 g/mol. The highest BCUT2D eigenvalue weighted by atomic mass is 16.5. The van der Waals surface area contributed by atoms with Crippen LogP contribution < -0.4 is 15.8 Å². The first-order chi connectivity index (χ1) is 9.69. The van der Waals surface area contributed by atoms with Gasteiger partial charge in [-0.3, -0.25) is 9.89 Å². The molecule has 0 aliphatic heterocycles. The number of hydrogen-bond acceptors (Lipinski definition) is 6. The summed E-state index contributed by atoms with van der Waals surface area (Å²) in [5.74, 6) is 0.278. The van der Waals surface area contributed by atoms with Crippen molar-refractivity contribution in [3.8, 4) is 5.75 Å². The predicted octanol–water partition coefficient (Wildman–Crippen LogP) is 0.664. The van der Waals surface area contributed by atoms with Crippen molar-refractivity contribution in [2.24, 2.45) is 0 Å². The molecule has 1 amide bonds. The van der Waals surface area contributed by atoms with Crippen LogP contribution in [0.25, 0.3) is 0 Å². The van der Waals surface area contributed by atoms with Crippen LogP contribution in [0.3, 0.4) is 0 Å². The molecule has 8 nitrogen and oxygen atoms in total. The fourth-order valence-electron chi connectivity index (χ4n) is 1.47. The van der Waals surface area contributed by atoms with Crippen molar-refractivity contribution in [3.05, 3.63) is 30.1 Å². The molecule has 1 aromatic heterocycles. The SMILES string of the molecule is COCCOc1cccc(NC(=O)c2nc(N)n[nH]2)c1. The van der Waals surface area contributed by atoms with Crippen molar-refractivity contribution in [1.29, 1.82) is 0 Å². The smallest absolute Gasteiger partial charge is 0.293 e. The highest BCUT2D eigenvalue weighted by Crippen LogP contribution is 2.17. The van der Waals surface area contributed by atoms with Gasteiger partial charge in [0.2, 0.25) is 11.8 Å². The fraction of sp³-hybridized carbons (Fsp3) is 0.250. The van der Waals surface area contributed by atoms with E-state index < -0.39 is 5.91 Å². The van der Waals surface area contributed by atoms with E-state index in [1.807, 2.05) is 0 Å². The van der Waals surface area contributed by atoms with E-state index in [2.05, 4.69) is 20.5 Å². The number of aromatic amines is 1. The normalized spacial score (nSPS) is 10.2. The van der Waals surface area contributed by atoms with Crippen LogP contribution in [0.1, 0.15) is 10.6 Å². The fourth-order valence-corrected chi connectivity index (χ4v) is 1.47. The zero-order chi connectivity index (χ0) is 14.4. The van der Waals surface area contributed by atoms with E-state index in [4.69, 9.17) is 15.2 Å². The topological polar surface area (TPSA) is 115 Å². The maximum absolute atomic E-state index is 11.8. The molecule has 0 aliphatic carbocycles. The van der Waals surface area contributed by atoms with Crippen LogP contribution in [0.2, 0.25) is 0 Å². The van der Waals surface area contributed by atoms with E-state index in [9.17, 15) is 4.79 Å². The molecule has 1 heterocycles. The number of benzene rings is 1. The number of nitrogen functional groups attached to an aromatic ring is 1. The molecule has 0 saturated carbocycles. The largest absolute Gasteiger partial charge is 0.491 e. The maximum atomic E-state index is 11.8. The lowest BCUT2D eigenvalue weighted by molar-refractivity contribution is 0.101. The summed E-state index contributed by atoms with van der Waals surface area (Å²) in [7, 11) is 1.60. The molecule has 0 fully saturated rings. The van der Waals surface area contributed by atoms with Gasteiger partial charge >= 0.3 is 0 Å². The average Bonchev–Trinajstić information content (AvgIpc) is 2.86. The molecule has 0 saturated heterocycles. The highest BCUT2D eigenvalue weighted by molar-refractivity contribution is 6.01. The van der Waals surface area contributed by atoms with E-state index in [1.54, 1.807) is 31.4 Å². The quantitative estimate of drug-likeness (QED) is 0.668. The number of nitrogens with two attached hydrogens (primary N) is 1. The molecule has 0 radical (unpaired) electrons. The Morgan fingerprint density at radius 2 is 2.30 bits per heavy atom. The lowest BCUT2D eigenvalue weighted by atomic mass is 10.3. The van der Waals surface area contributed by atoms with Crippen molar-refractivity contribution < 1.29 is 14.3 Å². The number of methoxy groups -OCH3 is 1. The summed E-state index contributed by atoms with van der Waals surface area (Å²) >= 11 is 0. The standard InChI is InChI=1S/C12H15N5O3/c1-19-5-6-20-9-4-2-3-8(7-9)14-11(18)10-15-12(13)17-16-10/h2-4,7H,5-6H2,1H3,(H,14,18)(H3,13,15,16,17). The van der Waals surface area contributed by atoms with Crippen LogP contribution in [-0.4, -0.2) is 41.4 Å². The molecular formula is C12H15N5O3. The van der Waals surface area contributed by atoms with Crippen LogP contribution in [0.5, 0.6) is 5.75 Å². The summed E-state index contributed by atoms with van der Waals surface area (Å²) in [5, 5.41) is 8.69. The second-order valence-electron chi connectivity index (χ2n) is 3.87. The molecule has 8 heteroatoms. The lowest BCUT2D eigenvalue weighted by Gasteiger charge is -2.08. The van der Waals surface area contributed by atoms with Gasteiger partial charge in [-0.2, -0.15) is 4.98 Å². The van der Waals surface area contributed by atoms with Crippen LogP contribution in [0.4, 0.5) is 11.6 Å². The molecule has 2 rings (SSSR count). The highest BCUT2D eigenvalue weighted by Gasteiger charge is 2.11. The van der Waals surface area contributed by atoms with Gasteiger partial charge in [-0.25, -0.2) is 0 Å². The Bertz CT molecular complexity index is 584. The van der Waals surface area contributed by atoms with Crippen molar-refractivity contribution >= 4 is 17.5 Å². The van der Waals surface area contributed by atoms with Gasteiger partial charge in [-0.1, -0.05) is 6.07 Å². The first-order valence-electron chi connectivity index (χ1n) is 5.90. The molecule has 0 unspecified atom stereocenters. The summed E-state index contributed by atoms with van der Waals surface area (Å²) in [6.07, 6.45) is 0. The van der Waals surface area contributed by atoms with Crippen LogP contribution >= 0.6 is 0 Å². The molecule has 1 aromatic carbocycles. The number of ether oxygens (including phenoxy) is 2. The Morgan fingerprint density at radius 1 is 1.45 bits per heavy atom. The minimum atomic E-state index is -0.428. The zero-order valence-corrected chi connectivity index (χ0v) is 10.9. The summed E-state index contributed by atoms with van der Waals surface area (Å²) in [6.45, 7) is 0.931. The van der Waals surface area contributed by atoms with Crippen LogP contribution in [-0.2, 0) is 4.74 Å². The summed E-state index contributed by atoms with van der Waals surface area (Å²) in [5.41, 5.74) is 5.92. The number of nitrogens with one attached hydrogen (secondary N) is 2. The van der Waals surface area contributed by atoms with Gasteiger partial charge in [0.1, 0.15) is 12.4 Å². The van der Waals surface area contributed by atoms with E-state index >= 15 is 0 Å². The van der Waals surface area contributed by atoms with Crippen molar-refractivity contribution in [2.45, 2.75) is 0 Å². The number of anilines is 2. The Hall–Kier alpha value is -2.61. The third-order valence-corrected chi connectivity index (χ3v) is 2.37. The van der Waals surface area contributed by atoms with Crippen molar-refractivity contribution in [2.75, 3.05) is 31.4 Å². The average molecular weight is 277 g/mol. The predicted molar refractivity (Wildman–Crippen MR) is 72.6 cm³/mol. The monoisotopic (exact) mass is 277 g/mol. The summed E-state index contributed by atoms with van der Waals surface area (Å²) in [4.78, 5) is 15.6. The molecule has 0 atom stereocenters. The number of rotatable bonds is 6. The first kappa shape index (κ1) is 13.8. The zero-order valence-electron chi connectivity index (χ0n) is 10.9. The number of carbonyl (C=O) groups excluding carboxylic acids is 1. The molecule has 20 heavy (non-hydrogen) atoms. The van der Waals surface area contributed by atoms with Gasteiger partial charge in [-0.15, -0.1) is 5.10 Å². The second kappa shape index (κ2) is 6.53. The summed E-state index contributed by atoms with van der Waals surface area (Å²) in [6, 6.07) is 7.00. The van der Waals surface area contributed by atoms with Gasteiger partial charge in [0.05, 0.1) is 6.61 Å². The van der Waals surface area contributed by atoms with Crippen molar-refractivity contribution in [1.82, 2.24) is 15.2 Å². The van der Waals surface area contributed by atoms with E-state index in [1.165, 1.54) is 0 Å². The van der Waals surface area contributed by atoms with Gasteiger partial charge in [-0.05, 0) is 12.1 Å². The minimum Gasteiger partial charge on any atom is -0.491 e. The third kappa shape index (κ3) is 3.69. The molecule has 106 valence electrons. The van der Waals surface area contributed by atoms with Gasteiger partial charge in [0.25, 0.3) is 5.91 Å². The maximum Gasteiger partial charge on any atom is 0.293 e. The van der Waals surface area contributed by atoms with Crippen LogP contribution in [0.15, 0.2) is 24.3 Å². The Labute approximate surface area is 115 Å². The van der Waals surface area contributed by atoms with E-state index in [0.717, 1.165) is 0 Å². The molecule has 0 spiro atoms. The number of amides is 1. The molecule has 4 N–H and O–H groups in total. The molecule has 2 aromatic rings. The molecule has 0 aliphatic rings. The number of H-pyrrole nitrogens is 1. The Balaban J connectivity index is 1.98. The van der Waals surface area contributed by atoms with E-state index in [-0.39, 0.29) is 11.8 Å².